The minimum atomic E-state index is 0.949. The van der Waals surface area contributed by atoms with Crippen LogP contribution in [-0.2, 0) is 0 Å². The molecule has 1 nitrogen and oxygen atoms in total. The van der Waals surface area contributed by atoms with Gasteiger partial charge in [-0.1, -0.05) is 39.2 Å². The molecule has 0 saturated carbocycles. The maximum absolute atomic E-state index is 4.01. The molecule has 0 atom stereocenters. The van der Waals surface area contributed by atoms with Crippen molar-refractivity contribution in [2.24, 2.45) is 0 Å². The van der Waals surface area contributed by atoms with Gasteiger partial charge in [-0.15, -0.1) is 0 Å². The molecule has 1 heterocycles. The van der Waals surface area contributed by atoms with Crippen molar-refractivity contribution in [3.63, 3.8) is 0 Å². The fourth-order valence-electron chi connectivity index (χ4n) is 0.988. The molecule has 0 spiro atoms. The smallest absolute Gasteiger partial charge is 0.0340 e. The molecule has 13 heavy (non-hydrogen) atoms. The van der Waals surface area contributed by atoms with Gasteiger partial charge in [0, 0.05) is 12.4 Å². The van der Waals surface area contributed by atoms with Gasteiger partial charge in [0.1, 0.15) is 0 Å². The lowest BCUT2D eigenvalue weighted by Crippen LogP contribution is -2.25. The first-order valence-corrected chi connectivity index (χ1v) is 4.48. The standard InChI is InChI=1S/C10H11N.C2H6/c1-4-5-10-8(2)6-11-7-9(10)3;1-2/h4-7H,1-2H2,3H3;1-2H3/b10-5+;. The largest absolute Gasteiger partial charge is 0.264 e. The van der Waals surface area contributed by atoms with Crippen LogP contribution in [0.2, 0.25) is 0 Å². The summed E-state index contributed by atoms with van der Waals surface area (Å²) in [7, 11) is 0. The highest BCUT2D eigenvalue weighted by Gasteiger charge is 1.86. The Kier molecular flexibility index (Phi) is 5.53. The lowest BCUT2D eigenvalue weighted by molar-refractivity contribution is 1.21. The topological polar surface area (TPSA) is 12.9 Å². The molecule has 0 aliphatic carbocycles. The van der Waals surface area contributed by atoms with Crippen molar-refractivity contribution in [1.82, 2.24) is 4.98 Å². The molecule has 0 radical (unpaired) electrons. The Hall–Kier alpha value is -1.37. The maximum atomic E-state index is 4.01. The van der Waals surface area contributed by atoms with Gasteiger partial charge in [0.25, 0.3) is 0 Å². The molecule has 0 aliphatic heterocycles. The summed E-state index contributed by atoms with van der Waals surface area (Å²) in [6.07, 6.45) is 7.28. The normalized spacial score (nSPS) is 10.2. The zero-order valence-electron chi connectivity index (χ0n) is 8.67. The summed E-state index contributed by atoms with van der Waals surface area (Å²) in [5.41, 5.74) is 1.14. The van der Waals surface area contributed by atoms with Gasteiger partial charge in [-0.3, -0.25) is 4.98 Å². The quantitative estimate of drug-likeness (QED) is 0.634. The summed E-state index contributed by atoms with van der Waals surface area (Å²) in [4.78, 5) is 4.01. The van der Waals surface area contributed by atoms with E-state index in [0.29, 0.717) is 0 Å². The molecule has 1 aromatic heterocycles. The number of nitrogens with zero attached hydrogens (tertiary/aromatic N) is 1. The lowest BCUT2D eigenvalue weighted by Gasteiger charge is -1.91. The van der Waals surface area contributed by atoms with Gasteiger partial charge < -0.3 is 0 Å². The van der Waals surface area contributed by atoms with Crippen molar-refractivity contribution in [1.29, 1.82) is 0 Å². The molecule has 0 bridgehead atoms. The number of rotatable bonds is 1. The third-order valence-electron chi connectivity index (χ3n) is 1.55. The Morgan fingerprint density at radius 1 is 1.31 bits per heavy atom. The average Bonchev–Trinajstić information content (AvgIpc) is 2.15. The summed E-state index contributed by atoms with van der Waals surface area (Å²) in [6.45, 7) is 13.5. The van der Waals surface area contributed by atoms with Crippen molar-refractivity contribution < 1.29 is 0 Å². The molecule has 0 aromatic carbocycles. The van der Waals surface area contributed by atoms with Crippen LogP contribution in [0.1, 0.15) is 19.4 Å². The van der Waals surface area contributed by atoms with Crippen LogP contribution >= 0.6 is 0 Å². The monoisotopic (exact) mass is 175 g/mol. The van der Waals surface area contributed by atoms with Crippen LogP contribution in [0, 0.1) is 6.92 Å². The van der Waals surface area contributed by atoms with Crippen LogP contribution < -0.4 is 10.4 Å². The van der Waals surface area contributed by atoms with Gasteiger partial charge in [0.05, 0.1) is 0 Å². The highest BCUT2D eigenvalue weighted by atomic mass is 14.6. The molecule has 0 amide bonds. The van der Waals surface area contributed by atoms with Gasteiger partial charge in [0.15, 0.2) is 0 Å². The molecular formula is C12H17N. The minimum Gasteiger partial charge on any atom is -0.264 e. The van der Waals surface area contributed by atoms with E-state index in [1.54, 1.807) is 12.3 Å². The highest BCUT2D eigenvalue weighted by Crippen LogP contribution is 1.78. The third kappa shape index (κ3) is 3.24. The van der Waals surface area contributed by atoms with E-state index in [0.717, 1.165) is 16.0 Å². The van der Waals surface area contributed by atoms with Crippen LogP contribution in [-0.4, -0.2) is 4.98 Å². The van der Waals surface area contributed by atoms with Crippen LogP contribution in [0.5, 0.6) is 0 Å². The number of hydrogen-bond donors (Lipinski definition) is 0. The Labute approximate surface area is 80.1 Å². The van der Waals surface area contributed by atoms with Gasteiger partial charge in [-0.2, -0.15) is 0 Å². The Balaban J connectivity index is 0.000000671. The average molecular weight is 175 g/mol. The van der Waals surface area contributed by atoms with E-state index in [-0.39, 0.29) is 0 Å². The predicted octanol–water partition coefficient (Wildman–Crippen LogP) is 1.79. The molecule has 1 aromatic rings. The van der Waals surface area contributed by atoms with Crippen molar-refractivity contribution in [3.05, 3.63) is 41.0 Å². The summed E-state index contributed by atoms with van der Waals surface area (Å²) in [6, 6.07) is 0. The van der Waals surface area contributed by atoms with Crippen LogP contribution in [0.3, 0.4) is 0 Å². The first-order chi connectivity index (χ1) is 6.25. The zero-order chi connectivity index (χ0) is 10.3. The van der Waals surface area contributed by atoms with E-state index >= 15 is 0 Å². The molecule has 0 saturated heterocycles. The van der Waals surface area contributed by atoms with E-state index in [1.807, 2.05) is 33.0 Å². The van der Waals surface area contributed by atoms with Crippen molar-refractivity contribution in [3.8, 4) is 0 Å². The van der Waals surface area contributed by atoms with Crippen molar-refractivity contribution >= 4 is 12.7 Å². The van der Waals surface area contributed by atoms with Crippen LogP contribution in [0.4, 0.5) is 0 Å². The Bertz CT molecular complexity index is 363. The SMILES string of the molecule is C=C/C=c1/c(C)cncc1=C.CC. The summed E-state index contributed by atoms with van der Waals surface area (Å²) in [5, 5.41) is 2.07. The molecule has 0 N–H and O–H groups in total. The second-order valence-corrected chi connectivity index (χ2v) is 2.43. The summed E-state index contributed by atoms with van der Waals surface area (Å²) in [5.74, 6) is 0. The molecule has 1 rings (SSSR count). The van der Waals surface area contributed by atoms with E-state index < -0.39 is 0 Å². The van der Waals surface area contributed by atoms with Gasteiger partial charge in [0.2, 0.25) is 0 Å². The van der Waals surface area contributed by atoms with Crippen molar-refractivity contribution in [2.75, 3.05) is 0 Å². The van der Waals surface area contributed by atoms with E-state index in [1.165, 1.54) is 0 Å². The molecular weight excluding hydrogens is 158 g/mol. The number of aromatic nitrogens is 1. The number of hydrogen-bond acceptors (Lipinski definition) is 1. The highest BCUT2D eigenvalue weighted by molar-refractivity contribution is 5.38. The zero-order valence-corrected chi connectivity index (χ0v) is 8.67. The molecule has 0 unspecified atom stereocenters. The Morgan fingerprint density at radius 3 is 2.38 bits per heavy atom. The van der Waals surface area contributed by atoms with Crippen LogP contribution in [0.25, 0.3) is 12.7 Å². The number of pyridine rings is 1. The predicted molar refractivity (Wildman–Crippen MR) is 59.8 cm³/mol. The van der Waals surface area contributed by atoms with Crippen molar-refractivity contribution in [2.45, 2.75) is 20.8 Å². The second-order valence-electron chi connectivity index (χ2n) is 2.43. The first-order valence-electron chi connectivity index (χ1n) is 4.48. The summed E-state index contributed by atoms with van der Waals surface area (Å²) < 4.78 is 0. The fourth-order valence-corrected chi connectivity index (χ4v) is 0.988. The van der Waals surface area contributed by atoms with E-state index in [4.69, 9.17) is 0 Å². The molecule has 1 heteroatoms. The molecule has 70 valence electrons. The maximum Gasteiger partial charge on any atom is 0.0340 e. The fraction of sp³-hybridized carbons (Fsp3) is 0.250. The summed E-state index contributed by atoms with van der Waals surface area (Å²) >= 11 is 0. The molecule has 0 aliphatic rings. The van der Waals surface area contributed by atoms with E-state index in [9.17, 15) is 0 Å². The van der Waals surface area contributed by atoms with Gasteiger partial charge in [-0.25, -0.2) is 0 Å². The number of aryl methyl sites for hydroxylation is 1. The second kappa shape index (κ2) is 6.18. The van der Waals surface area contributed by atoms with Gasteiger partial charge >= 0.3 is 0 Å². The lowest BCUT2D eigenvalue weighted by atomic mass is 10.2. The van der Waals surface area contributed by atoms with Gasteiger partial charge in [-0.05, 0) is 22.9 Å². The van der Waals surface area contributed by atoms with Crippen LogP contribution in [0.15, 0.2) is 25.0 Å². The minimum absolute atomic E-state index is 0.949. The van der Waals surface area contributed by atoms with E-state index in [2.05, 4.69) is 18.1 Å². The number of allylic oxidation sites excluding steroid dienone is 1. The third-order valence-corrected chi connectivity index (χ3v) is 1.55. The first kappa shape index (κ1) is 11.6. The molecule has 0 fully saturated rings. The Morgan fingerprint density at radius 2 is 1.92 bits per heavy atom.